The summed E-state index contributed by atoms with van der Waals surface area (Å²) in [4.78, 5) is 12.4. The van der Waals surface area contributed by atoms with Gasteiger partial charge in [-0.25, -0.2) is 9.97 Å². The Morgan fingerprint density at radius 1 is 1.03 bits per heavy atom. The number of aromatic nitrogens is 5. The van der Waals surface area contributed by atoms with E-state index in [0.29, 0.717) is 18.5 Å². The van der Waals surface area contributed by atoms with Crippen molar-refractivity contribution in [3.63, 3.8) is 0 Å². The maximum atomic E-state index is 6.05. The monoisotopic (exact) mass is 452 g/mol. The van der Waals surface area contributed by atoms with Crippen molar-refractivity contribution in [3.8, 4) is 22.8 Å². The Morgan fingerprint density at radius 2 is 1.88 bits per heavy atom. The number of hydrogen-bond donors (Lipinski definition) is 0. The van der Waals surface area contributed by atoms with Crippen molar-refractivity contribution >= 4 is 5.82 Å². The van der Waals surface area contributed by atoms with Gasteiger partial charge in [0.25, 0.3) is 0 Å². The number of fused-ring (bicyclic) bond motifs is 3. The van der Waals surface area contributed by atoms with Gasteiger partial charge in [-0.15, -0.1) is 10.2 Å². The molecular weight excluding hydrogens is 424 g/mol. The van der Waals surface area contributed by atoms with Gasteiger partial charge in [0, 0.05) is 11.6 Å². The quantitative estimate of drug-likeness (QED) is 0.384. The number of nitrogens with zero attached hydrogens (tertiary/aromatic N) is 6. The Bertz CT molecular complexity index is 1280. The van der Waals surface area contributed by atoms with Crippen LogP contribution in [0, 0.1) is 0 Å². The molecule has 0 amide bonds. The Balaban J connectivity index is 1.36. The molecule has 3 heterocycles. The van der Waals surface area contributed by atoms with Crippen molar-refractivity contribution in [1.29, 1.82) is 0 Å². The fourth-order valence-corrected chi connectivity index (χ4v) is 5.25. The SMILES string of the molecule is CC[C@@H]1c2nncn2-c2cnc(-c3cccc(OCc4ccccc4)c3)nc2N1C1CCCC1. The highest BCUT2D eigenvalue weighted by atomic mass is 16.5. The molecule has 4 aromatic rings. The lowest BCUT2D eigenvalue weighted by Gasteiger charge is -2.40. The topological polar surface area (TPSA) is 69.0 Å². The van der Waals surface area contributed by atoms with E-state index in [0.717, 1.165) is 40.6 Å². The van der Waals surface area contributed by atoms with Crippen LogP contribution in [0.3, 0.4) is 0 Å². The van der Waals surface area contributed by atoms with Crippen LogP contribution >= 0.6 is 0 Å². The summed E-state index contributed by atoms with van der Waals surface area (Å²) in [5.74, 6) is 3.47. The van der Waals surface area contributed by atoms with Gasteiger partial charge in [0.2, 0.25) is 0 Å². The summed E-state index contributed by atoms with van der Waals surface area (Å²) in [5.41, 5.74) is 3.04. The first-order valence-corrected chi connectivity index (χ1v) is 12.1. The highest BCUT2D eigenvalue weighted by Crippen LogP contribution is 2.43. The third kappa shape index (κ3) is 3.71. The molecule has 0 radical (unpaired) electrons. The Hall–Kier alpha value is -3.74. The summed E-state index contributed by atoms with van der Waals surface area (Å²) in [5, 5.41) is 8.68. The average molecular weight is 453 g/mol. The van der Waals surface area contributed by atoms with Gasteiger partial charge in [0.1, 0.15) is 24.4 Å². The second kappa shape index (κ2) is 8.89. The van der Waals surface area contributed by atoms with Crippen LogP contribution in [-0.2, 0) is 6.61 Å². The van der Waals surface area contributed by atoms with Crippen LogP contribution in [-0.4, -0.2) is 30.8 Å². The van der Waals surface area contributed by atoms with Crippen molar-refractivity contribution in [2.24, 2.45) is 0 Å². The van der Waals surface area contributed by atoms with Crippen molar-refractivity contribution in [3.05, 3.63) is 78.5 Å². The standard InChI is InChI=1S/C27H28N6O/c1-2-23-27-31-29-18-32(27)24-16-28-25(30-26(24)33(23)21-12-6-7-13-21)20-11-8-14-22(15-20)34-17-19-9-4-3-5-10-19/h3-5,8-11,14-16,18,21,23H,2,6-7,12-13,17H2,1H3/t23-/m1/s1. The molecule has 1 saturated carbocycles. The zero-order chi connectivity index (χ0) is 22.9. The molecule has 1 aliphatic heterocycles. The van der Waals surface area contributed by atoms with Gasteiger partial charge in [-0.1, -0.05) is 62.2 Å². The van der Waals surface area contributed by atoms with Crippen LogP contribution in [0.4, 0.5) is 5.82 Å². The minimum Gasteiger partial charge on any atom is -0.489 e. The van der Waals surface area contributed by atoms with E-state index in [9.17, 15) is 0 Å². The normalized spacial score (nSPS) is 17.4. The van der Waals surface area contributed by atoms with Gasteiger partial charge in [0.05, 0.1) is 12.2 Å². The predicted molar refractivity (Wildman–Crippen MR) is 131 cm³/mol. The maximum Gasteiger partial charge on any atom is 0.161 e. The molecule has 7 heteroatoms. The summed E-state index contributed by atoms with van der Waals surface area (Å²) in [6, 6.07) is 18.9. The van der Waals surface area contributed by atoms with Gasteiger partial charge >= 0.3 is 0 Å². The highest BCUT2D eigenvalue weighted by Gasteiger charge is 2.38. The van der Waals surface area contributed by atoms with E-state index < -0.39 is 0 Å². The maximum absolute atomic E-state index is 6.05. The lowest BCUT2D eigenvalue weighted by Crippen LogP contribution is -2.42. The zero-order valence-electron chi connectivity index (χ0n) is 19.3. The van der Waals surface area contributed by atoms with Gasteiger partial charge < -0.3 is 9.64 Å². The van der Waals surface area contributed by atoms with Crippen LogP contribution in [0.25, 0.3) is 17.1 Å². The first kappa shape index (κ1) is 20.8. The molecule has 6 rings (SSSR count). The molecule has 2 aliphatic rings. The molecule has 1 fully saturated rings. The number of ether oxygens (including phenoxy) is 1. The smallest absolute Gasteiger partial charge is 0.161 e. The average Bonchev–Trinajstić information content (AvgIpc) is 3.60. The molecule has 7 nitrogen and oxygen atoms in total. The molecule has 0 unspecified atom stereocenters. The molecule has 172 valence electrons. The summed E-state index contributed by atoms with van der Waals surface area (Å²) in [6.07, 6.45) is 9.55. The lowest BCUT2D eigenvalue weighted by molar-refractivity contribution is 0.306. The predicted octanol–water partition coefficient (Wildman–Crippen LogP) is 5.52. The fraction of sp³-hybridized carbons (Fsp3) is 0.333. The van der Waals surface area contributed by atoms with E-state index in [4.69, 9.17) is 14.7 Å². The summed E-state index contributed by atoms with van der Waals surface area (Å²) in [7, 11) is 0. The van der Waals surface area contributed by atoms with Gasteiger partial charge in [0.15, 0.2) is 17.5 Å². The summed E-state index contributed by atoms with van der Waals surface area (Å²) in [6.45, 7) is 2.74. The van der Waals surface area contributed by atoms with E-state index in [1.54, 1.807) is 6.33 Å². The van der Waals surface area contributed by atoms with Crippen molar-refractivity contribution in [1.82, 2.24) is 24.7 Å². The van der Waals surface area contributed by atoms with Crippen molar-refractivity contribution in [2.75, 3.05) is 4.90 Å². The second-order valence-electron chi connectivity index (χ2n) is 9.03. The first-order chi connectivity index (χ1) is 16.8. The van der Waals surface area contributed by atoms with Crippen molar-refractivity contribution < 1.29 is 4.74 Å². The molecule has 1 atom stereocenters. The Morgan fingerprint density at radius 3 is 2.71 bits per heavy atom. The Kier molecular flexibility index (Phi) is 5.45. The van der Waals surface area contributed by atoms with Crippen LogP contribution in [0.2, 0.25) is 0 Å². The van der Waals surface area contributed by atoms with Crippen LogP contribution in [0.5, 0.6) is 5.75 Å². The highest BCUT2D eigenvalue weighted by molar-refractivity contribution is 5.67. The molecular formula is C27H28N6O. The van der Waals surface area contributed by atoms with E-state index in [1.165, 1.54) is 25.7 Å². The Labute approximate surface area is 199 Å². The van der Waals surface area contributed by atoms with E-state index in [-0.39, 0.29) is 6.04 Å². The molecule has 34 heavy (non-hydrogen) atoms. The minimum atomic E-state index is 0.168. The molecule has 0 N–H and O–H groups in total. The molecule has 0 bridgehead atoms. The number of anilines is 1. The number of hydrogen-bond acceptors (Lipinski definition) is 6. The van der Waals surface area contributed by atoms with Gasteiger partial charge in [-0.05, 0) is 37.0 Å². The third-order valence-electron chi connectivity index (χ3n) is 6.91. The van der Waals surface area contributed by atoms with Crippen LogP contribution in [0.1, 0.15) is 56.5 Å². The van der Waals surface area contributed by atoms with Crippen LogP contribution in [0.15, 0.2) is 67.1 Å². The molecule has 2 aromatic carbocycles. The second-order valence-corrected chi connectivity index (χ2v) is 9.03. The van der Waals surface area contributed by atoms with Gasteiger partial charge in [-0.3, -0.25) is 4.57 Å². The lowest BCUT2D eigenvalue weighted by atomic mass is 10.0. The minimum absolute atomic E-state index is 0.168. The fourth-order valence-electron chi connectivity index (χ4n) is 5.25. The molecule has 0 spiro atoms. The van der Waals surface area contributed by atoms with E-state index >= 15 is 0 Å². The molecule has 1 aliphatic carbocycles. The number of rotatable bonds is 6. The zero-order valence-corrected chi connectivity index (χ0v) is 19.3. The van der Waals surface area contributed by atoms with Crippen LogP contribution < -0.4 is 9.64 Å². The number of benzene rings is 2. The largest absolute Gasteiger partial charge is 0.489 e. The van der Waals surface area contributed by atoms with Crippen molar-refractivity contribution in [2.45, 2.75) is 57.7 Å². The molecule has 2 aromatic heterocycles. The first-order valence-electron chi connectivity index (χ1n) is 12.1. The summed E-state index contributed by atoms with van der Waals surface area (Å²) >= 11 is 0. The summed E-state index contributed by atoms with van der Waals surface area (Å²) < 4.78 is 8.11. The van der Waals surface area contributed by atoms with Gasteiger partial charge in [-0.2, -0.15) is 0 Å². The van der Waals surface area contributed by atoms with E-state index in [2.05, 4.69) is 38.7 Å². The van der Waals surface area contributed by atoms with E-state index in [1.807, 2.05) is 48.7 Å². The third-order valence-corrected chi connectivity index (χ3v) is 6.91. The molecule has 0 saturated heterocycles.